The standard InChI is InChI=1S/C25H27N5O3S/c1-18-10-9-11-19(2)23(18)30-25(26-28-29-30)24(31)22(16-20-12-5-3-6-13-20)27-34(32,33)17-21-14-7-4-8-15-21/h3-15,22,24,27,31H,16-17H2,1-2H3/t22-,24?/m0/s1. The number of sulfonamides is 1. The van der Waals surface area contributed by atoms with Crippen LogP contribution in [0.25, 0.3) is 5.69 Å². The van der Waals surface area contributed by atoms with Crippen molar-refractivity contribution in [2.24, 2.45) is 0 Å². The Morgan fingerprint density at radius 3 is 2.09 bits per heavy atom. The number of nitrogens with one attached hydrogen (secondary N) is 1. The zero-order chi connectivity index (χ0) is 24.1. The summed E-state index contributed by atoms with van der Waals surface area (Å²) in [6.45, 7) is 3.87. The number of aromatic nitrogens is 4. The molecule has 0 amide bonds. The highest BCUT2D eigenvalue weighted by Crippen LogP contribution is 2.25. The number of aliphatic hydroxyl groups excluding tert-OH is 1. The zero-order valence-electron chi connectivity index (χ0n) is 19.0. The first kappa shape index (κ1) is 23.7. The van der Waals surface area contributed by atoms with E-state index in [2.05, 4.69) is 20.2 Å². The fourth-order valence-electron chi connectivity index (χ4n) is 4.01. The van der Waals surface area contributed by atoms with E-state index in [4.69, 9.17) is 0 Å². The molecule has 1 unspecified atom stereocenters. The van der Waals surface area contributed by atoms with Crippen LogP contribution in [0.4, 0.5) is 0 Å². The summed E-state index contributed by atoms with van der Waals surface area (Å²) in [5.41, 5.74) is 4.16. The number of benzene rings is 3. The molecule has 9 heteroatoms. The molecule has 176 valence electrons. The highest BCUT2D eigenvalue weighted by atomic mass is 32.2. The molecule has 4 aromatic rings. The number of hydrogen-bond acceptors (Lipinski definition) is 6. The van der Waals surface area contributed by atoms with Crippen LogP contribution in [0.15, 0.2) is 78.9 Å². The molecule has 0 aliphatic heterocycles. The van der Waals surface area contributed by atoms with E-state index in [0.717, 1.165) is 22.4 Å². The molecule has 8 nitrogen and oxygen atoms in total. The Balaban J connectivity index is 1.68. The fourth-order valence-corrected chi connectivity index (χ4v) is 5.40. The lowest BCUT2D eigenvalue weighted by Crippen LogP contribution is -2.42. The molecular weight excluding hydrogens is 450 g/mol. The van der Waals surface area contributed by atoms with Gasteiger partial charge >= 0.3 is 0 Å². The Hall–Kier alpha value is -3.40. The molecule has 3 aromatic carbocycles. The van der Waals surface area contributed by atoms with Crippen LogP contribution in [-0.4, -0.2) is 39.8 Å². The van der Waals surface area contributed by atoms with Crippen molar-refractivity contribution in [2.45, 2.75) is 38.2 Å². The van der Waals surface area contributed by atoms with Gasteiger partial charge in [-0.05, 0) is 52.9 Å². The topological polar surface area (TPSA) is 110 Å². The molecule has 0 saturated carbocycles. The minimum absolute atomic E-state index is 0.167. The molecule has 1 heterocycles. The second-order valence-corrected chi connectivity index (χ2v) is 10.0. The summed E-state index contributed by atoms with van der Waals surface area (Å²) in [5.74, 6) is -0.0333. The fraction of sp³-hybridized carbons (Fsp3) is 0.240. The second-order valence-electron chi connectivity index (χ2n) is 8.29. The lowest BCUT2D eigenvalue weighted by atomic mass is 10.0. The van der Waals surface area contributed by atoms with Crippen LogP contribution in [0.2, 0.25) is 0 Å². The second kappa shape index (κ2) is 10.3. The van der Waals surface area contributed by atoms with Crippen LogP contribution in [0, 0.1) is 13.8 Å². The molecule has 34 heavy (non-hydrogen) atoms. The van der Waals surface area contributed by atoms with E-state index in [-0.39, 0.29) is 18.0 Å². The summed E-state index contributed by atoms with van der Waals surface area (Å²) in [7, 11) is -3.77. The van der Waals surface area contributed by atoms with Gasteiger partial charge in [-0.15, -0.1) is 5.10 Å². The van der Waals surface area contributed by atoms with E-state index in [1.165, 1.54) is 4.68 Å². The third kappa shape index (κ3) is 5.56. The predicted molar refractivity (Wildman–Crippen MR) is 130 cm³/mol. The van der Waals surface area contributed by atoms with Crippen molar-refractivity contribution in [3.63, 3.8) is 0 Å². The van der Waals surface area contributed by atoms with Crippen molar-refractivity contribution in [1.82, 2.24) is 24.9 Å². The Bertz CT molecular complexity index is 1320. The van der Waals surface area contributed by atoms with Gasteiger partial charge in [-0.25, -0.2) is 13.1 Å². The molecule has 4 rings (SSSR count). The maximum Gasteiger partial charge on any atom is 0.216 e. The van der Waals surface area contributed by atoms with Crippen LogP contribution in [0.1, 0.15) is 34.2 Å². The molecule has 0 spiro atoms. The van der Waals surface area contributed by atoms with Gasteiger partial charge in [0.25, 0.3) is 0 Å². The average molecular weight is 478 g/mol. The highest BCUT2D eigenvalue weighted by Gasteiger charge is 2.31. The predicted octanol–water partition coefficient (Wildman–Crippen LogP) is 3.04. The van der Waals surface area contributed by atoms with Gasteiger partial charge in [-0.3, -0.25) is 0 Å². The first-order valence-corrected chi connectivity index (χ1v) is 12.6. The third-order valence-corrected chi connectivity index (χ3v) is 6.99. The molecular formula is C25H27N5O3S. The van der Waals surface area contributed by atoms with E-state index in [9.17, 15) is 13.5 Å². The number of aliphatic hydroxyl groups is 1. The summed E-state index contributed by atoms with van der Waals surface area (Å²) in [5, 5.41) is 23.3. The summed E-state index contributed by atoms with van der Waals surface area (Å²) in [4.78, 5) is 0. The third-order valence-electron chi connectivity index (χ3n) is 5.62. The highest BCUT2D eigenvalue weighted by molar-refractivity contribution is 7.88. The van der Waals surface area contributed by atoms with E-state index in [1.807, 2.05) is 68.4 Å². The van der Waals surface area contributed by atoms with Gasteiger partial charge in [-0.2, -0.15) is 4.68 Å². The maximum absolute atomic E-state index is 13.1. The van der Waals surface area contributed by atoms with Crippen molar-refractivity contribution in [2.75, 3.05) is 0 Å². The SMILES string of the molecule is Cc1cccc(C)c1-n1nnnc1C(O)[C@H](Cc1ccccc1)NS(=O)(=O)Cc1ccccc1. The summed E-state index contributed by atoms with van der Waals surface area (Å²) >= 11 is 0. The summed E-state index contributed by atoms with van der Waals surface area (Å²) < 4.78 is 30.3. The minimum Gasteiger partial charge on any atom is -0.383 e. The van der Waals surface area contributed by atoms with Gasteiger partial charge in [0.15, 0.2) is 5.82 Å². The van der Waals surface area contributed by atoms with E-state index in [1.54, 1.807) is 24.3 Å². The number of para-hydroxylation sites is 1. The Labute approximate surface area is 199 Å². The number of aryl methyl sites for hydroxylation is 2. The van der Waals surface area contributed by atoms with Crippen LogP contribution in [-0.2, 0) is 22.2 Å². The van der Waals surface area contributed by atoms with E-state index < -0.39 is 22.2 Å². The molecule has 2 atom stereocenters. The lowest BCUT2D eigenvalue weighted by molar-refractivity contribution is 0.127. The van der Waals surface area contributed by atoms with Gasteiger partial charge in [0.1, 0.15) is 6.10 Å². The minimum atomic E-state index is -3.77. The number of rotatable bonds is 9. The average Bonchev–Trinajstić information content (AvgIpc) is 3.28. The molecule has 0 fully saturated rings. The first-order valence-electron chi connectivity index (χ1n) is 10.9. The molecule has 2 N–H and O–H groups in total. The quantitative estimate of drug-likeness (QED) is 0.383. The van der Waals surface area contributed by atoms with Crippen molar-refractivity contribution in [3.05, 3.63) is 107 Å². The smallest absolute Gasteiger partial charge is 0.216 e. The zero-order valence-corrected chi connectivity index (χ0v) is 19.9. The Kier molecular flexibility index (Phi) is 7.16. The van der Waals surface area contributed by atoms with Crippen LogP contribution < -0.4 is 4.72 Å². The van der Waals surface area contributed by atoms with Gasteiger partial charge < -0.3 is 5.11 Å². The molecule has 0 radical (unpaired) electrons. The van der Waals surface area contributed by atoms with Gasteiger partial charge in [0, 0.05) is 0 Å². The van der Waals surface area contributed by atoms with Crippen LogP contribution in [0.3, 0.4) is 0 Å². The summed E-state index contributed by atoms with van der Waals surface area (Å²) in [6, 6.07) is 23.3. The van der Waals surface area contributed by atoms with Gasteiger partial charge in [0.2, 0.25) is 10.0 Å². The van der Waals surface area contributed by atoms with Crippen molar-refractivity contribution in [3.8, 4) is 5.69 Å². The largest absolute Gasteiger partial charge is 0.383 e. The Morgan fingerprint density at radius 1 is 0.882 bits per heavy atom. The van der Waals surface area contributed by atoms with Crippen LogP contribution >= 0.6 is 0 Å². The molecule has 0 saturated heterocycles. The van der Waals surface area contributed by atoms with Crippen molar-refractivity contribution >= 4 is 10.0 Å². The molecule has 0 aliphatic carbocycles. The van der Waals surface area contributed by atoms with Crippen molar-refractivity contribution in [1.29, 1.82) is 0 Å². The lowest BCUT2D eigenvalue weighted by Gasteiger charge is -2.24. The van der Waals surface area contributed by atoms with E-state index in [0.29, 0.717) is 5.56 Å². The monoisotopic (exact) mass is 477 g/mol. The van der Waals surface area contributed by atoms with Gasteiger partial charge in [-0.1, -0.05) is 78.9 Å². The molecule has 0 bridgehead atoms. The first-order chi connectivity index (χ1) is 16.3. The van der Waals surface area contributed by atoms with Crippen molar-refractivity contribution < 1.29 is 13.5 Å². The number of nitrogens with zero attached hydrogens (tertiary/aromatic N) is 4. The maximum atomic E-state index is 13.1. The van der Waals surface area contributed by atoms with E-state index >= 15 is 0 Å². The number of hydrogen-bond donors (Lipinski definition) is 2. The van der Waals surface area contributed by atoms with Gasteiger partial charge in [0.05, 0.1) is 17.5 Å². The number of tetrazole rings is 1. The summed E-state index contributed by atoms with van der Waals surface area (Å²) in [6.07, 6.45) is -1.03. The molecule has 0 aliphatic rings. The Morgan fingerprint density at radius 2 is 1.47 bits per heavy atom. The van der Waals surface area contributed by atoms with Crippen LogP contribution in [0.5, 0.6) is 0 Å². The normalized spacial score (nSPS) is 13.5. The molecule has 1 aromatic heterocycles.